The van der Waals surface area contributed by atoms with Gasteiger partial charge in [-0.05, 0) is 6.92 Å². The van der Waals surface area contributed by atoms with Crippen molar-refractivity contribution in [3.63, 3.8) is 0 Å². The SMILES string of the molecule is Cc1csc(NC(=O)NC(CC(N)=O)C(=O)O)n1. The smallest absolute Gasteiger partial charge is 0.326 e. The molecule has 9 heteroatoms. The van der Waals surface area contributed by atoms with Crippen LogP contribution in [0, 0.1) is 6.92 Å². The summed E-state index contributed by atoms with van der Waals surface area (Å²) in [5, 5.41) is 15.3. The molecule has 1 rings (SSSR count). The molecule has 8 nitrogen and oxygen atoms in total. The normalized spacial score (nSPS) is 11.6. The number of amides is 3. The minimum atomic E-state index is -1.36. The third kappa shape index (κ3) is 4.37. The van der Waals surface area contributed by atoms with Gasteiger partial charge in [-0.25, -0.2) is 14.6 Å². The van der Waals surface area contributed by atoms with E-state index in [-0.39, 0.29) is 0 Å². The van der Waals surface area contributed by atoms with E-state index in [9.17, 15) is 14.4 Å². The number of carbonyl (C=O) groups is 3. The number of carbonyl (C=O) groups excluding carboxylic acids is 2. The summed E-state index contributed by atoms with van der Waals surface area (Å²) >= 11 is 1.21. The zero-order chi connectivity index (χ0) is 13.7. The molecule has 1 unspecified atom stereocenters. The first-order chi connectivity index (χ1) is 8.38. The molecule has 0 aliphatic carbocycles. The van der Waals surface area contributed by atoms with Crippen LogP contribution in [0.4, 0.5) is 9.93 Å². The van der Waals surface area contributed by atoms with Crippen LogP contribution in [0.1, 0.15) is 12.1 Å². The Labute approximate surface area is 106 Å². The molecular formula is C9H12N4O4S. The maximum absolute atomic E-state index is 11.4. The topological polar surface area (TPSA) is 134 Å². The molecule has 0 aromatic carbocycles. The Hall–Kier alpha value is -2.16. The van der Waals surface area contributed by atoms with E-state index >= 15 is 0 Å². The molecule has 0 saturated heterocycles. The molecule has 0 fully saturated rings. The lowest BCUT2D eigenvalue weighted by molar-refractivity contribution is -0.140. The van der Waals surface area contributed by atoms with Gasteiger partial charge in [0.25, 0.3) is 0 Å². The van der Waals surface area contributed by atoms with E-state index < -0.39 is 30.4 Å². The number of urea groups is 1. The Kier molecular flexibility index (Phi) is 4.60. The number of aromatic nitrogens is 1. The number of aryl methyl sites for hydroxylation is 1. The lowest BCUT2D eigenvalue weighted by Crippen LogP contribution is -2.45. The number of anilines is 1. The summed E-state index contributed by atoms with van der Waals surface area (Å²) in [7, 11) is 0. The number of thiazole rings is 1. The number of nitrogens with two attached hydrogens (primary N) is 1. The van der Waals surface area contributed by atoms with E-state index in [0.717, 1.165) is 5.69 Å². The summed E-state index contributed by atoms with van der Waals surface area (Å²) in [6.07, 6.45) is -0.473. The number of hydrogen-bond donors (Lipinski definition) is 4. The van der Waals surface area contributed by atoms with E-state index in [0.29, 0.717) is 5.13 Å². The number of carboxylic acids is 1. The van der Waals surface area contributed by atoms with Crippen molar-refractivity contribution in [2.75, 3.05) is 5.32 Å². The van der Waals surface area contributed by atoms with Gasteiger partial charge in [-0.2, -0.15) is 0 Å². The van der Waals surface area contributed by atoms with Crippen LogP contribution in [0.2, 0.25) is 0 Å². The Balaban J connectivity index is 2.56. The Morgan fingerprint density at radius 3 is 2.67 bits per heavy atom. The van der Waals surface area contributed by atoms with Crippen molar-refractivity contribution in [3.05, 3.63) is 11.1 Å². The van der Waals surface area contributed by atoms with Crippen molar-refractivity contribution in [1.29, 1.82) is 0 Å². The van der Waals surface area contributed by atoms with Crippen LogP contribution >= 0.6 is 11.3 Å². The minimum Gasteiger partial charge on any atom is -0.480 e. The van der Waals surface area contributed by atoms with E-state index in [4.69, 9.17) is 10.8 Å². The van der Waals surface area contributed by atoms with Gasteiger partial charge in [-0.1, -0.05) is 0 Å². The second-order valence-electron chi connectivity index (χ2n) is 3.45. The fraction of sp³-hybridized carbons (Fsp3) is 0.333. The highest BCUT2D eigenvalue weighted by Gasteiger charge is 2.22. The lowest BCUT2D eigenvalue weighted by atomic mass is 10.2. The molecule has 1 aromatic rings. The fourth-order valence-electron chi connectivity index (χ4n) is 1.10. The molecule has 0 radical (unpaired) electrons. The predicted octanol–water partition coefficient (Wildman–Crippen LogP) is -0.0984. The standard InChI is InChI=1S/C9H12N4O4S/c1-4-3-18-9(11-4)13-8(17)12-5(7(15)16)2-6(10)14/h3,5H,2H2,1H3,(H2,10,14)(H,15,16)(H2,11,12,13,17). The van der Waals surface area contributed by atoms with Crippen LogP contribution in [-0.2, 0) is 9.59 Å². The summed E-state index contributed by atoms with van der Waals surface area (Å²) in [6.45, 7) is 1.76. The van der Waals surface area contributed by atoms with Gasteiger partial charge in [-0.3, -0.25) is 10.1 Å². The number of hydrogen-bond acceptors (Lipinski definition) is 5. The summed E-state index contributed by atoms with van der Waals surface area (Å²) in [5.41, 5.74) is 5.62. The summed E-state index contributed by atoms with van der Waals surface area (Å²) in [4.78, 5) is 36.8. The van der Waals surface area contributed by atoms with Gasteiger partial charge in [0.15, 0.2) is 5.13 Å². The van der Waals surface area contributed by atoms with Gasteiger partial charge in [0.2, 0.25) is 5.91 Å². The number of nitrogens with zero attached hydrogens (tertiary/aromatic N) is 1. The second kappa shape index (κ2) is 5.96. The first-order valence-electron chi connectivity index (χ1n) is 4.89. The van der Waals surface area contributed by atoms with Crippen molar-refractivity contribution in [1.82, 2.24) is 10.3 Å². The number of nitrogens with one attached hydrogen (secondary N) is 2. The molecule has 1 aromatic heterocycles. The van der Waals surface area contributed by atoms with Crippen LogP contribution < -0.4 is 16.4 Å². The lowest BCUT2D eigenvalue weighted by Gasteiger charge is -2.12. The first kappa shape index (κ1) is 13.9. The first-order valence-corrected chi connectivity index (χ1v) is 5.77. The quantitative estimate of drug-likeness (QED) is 0.593. The van der Waals surface area contributed by atoms with Crippen LogP contribution in [0.15, 0.2) is 5.38 Å². The van der Waals surface area contributed by atoms with Crippen molar-refractivity contribution in [2.45, 2.75) is 19.4 Å². The highest BCUT2D eigenvalue weighted by atomic mass is 32.1. The molecule has 3 amide bonds. The van der Waals surface area contributed by atoms with Crippen molar-refractivity contribution >= 4 is 34.4 Å². The average Bonchev–Trinajstić information content (AvgIpc) is 2.62. The van der Waals surface area contributed by atoms with Gasteiger partial charge >= 0.3 is 12.0 Å². The molecule has 1 heterocycles. The minimum absolute atomic E-state index is 0.341. The van der Waals surface area contributed by atoms with Gasteiger partial charge in [-0.15, -0.1) is 11.3 Å². The molecule has 0 spiro atoms. The maximum Gasteiger partial charge on any atom is 0.326 e. The van der Waals surface area contributed by atoms with E-state index in [1.165, 1.54) is 11.3 Å². The molecule has 0 bridgehead atoms. The number of primary amides is 1. The second-order valence-corrected chi connectivity index (χ2v) is 4.31. The number of aliphatic carboxylic acids is 1. The van der Waals surface area contributed by atoms with Gasteiger partial charge in [0.1, 0.15) is 6.04 Å². The van der Waals surface area contributed by atoms with Gasteiger partial charge in [0, 0.05) is 5.38 Å². The van der Waals surface area contributed by atoms with Crippen molar-refractivity contribution < 1.29 is 19.5 Å². The third-order valence-electron chi connectivity index (χ3n) is 1.85. The van der Waals surface area contributed by atoms with Gasteiger partial charge < -0.3 is 16.2 Å². The van der Waals surface area contributed by atoms with E-state index in [1.54, 1.807) is 12.3 Å². The Morgan fingerprint density at radius 1 is 1.56 bits per heavy atom. The molecule has 5 N–H and O–H groups in total. The molecular weight excluding hydrogens is 260 g/mol. The molecule has 0 aliphatic rings. The van der Waals surface area contributed by atoms with Crippen molar-refractivity contribution in [2.24, 2.45) is 5.73 Å². The zero-order valence-electron chi connectivity index (χ0n) is 9.47. The van der Waals surface area contributed by atoms with E-state index in [2.05, 4.69) is 15.6 Å². The van der Waals surface area contributed by atoms with Crippen LogP contribution in [-0.4, -0.2) is 34.0 Å². The monoisotopic (exact) mass is 272 g/mol. The molecule has 1 atom stereocenters. The molecule has 98 valence electrons. The summed E-state index contributed by atoms with van der Waals surface area (Å²) in [6, 6.07) is -2.11. The largest absolute Gasteiger partial charge is 0.480 e. The molecule has 18 heavy (non-hydrogen) atoms. The van der Waals surface area contributed by atoms with Crippen molar-refractivity contribution in [3.8, 4) is 0 Å². The van der Waals surface area contributed by atoms with Crippen LogP contribution in [0.25, 0.3) is 0 Å². The highest BCUT2D eigenvalue weighted by molar-refractivity contribution is 7.13. The molecule has 0 aliphatic heterocycles. The predicted molar refractivity (Wildman–Crippen MR) is 64.2 cm³/mol. The summed E-state index contributed by atoms with van der Waals surface area (Å²) < 4.78 is 0. The number of rotatable bonds is 5. The Bertz CT molecular complexity index is 473. The molecule has 0 saturated carbocycles. The average molecular weight is 272 g/mol. The zero-order valence-corrected chi connectivity index (χ0v) is 10.3. The third-order valence-corrected chi connectivity index (χ3v) is 2.72. The van der Waals surface area contributed by atoms with E-state index in [1.807, 2.05) is 0 Å². The highest BCUT2D eigenvalue weighted by Crippen LogP contribution is 2.13. The number of carboxylic acid groups (broad SMARTS) is 1. The Morgan fingerprint density at radius 2 is 2.22 bits per heavy atom. The maximum atomic E-state index is 11.4. The fourth-order valence-corrected chi connectivity index (χ4v) is 1.79. The summed E-state index contributed by atoms with van der Waals surface area (Å²) in [5.74, 6) is -2.15. The van der Waals surface area contributed by atoms with Crippen LogP contribution in [0.3, 0.4) is 0 Å². The van der Waals surface area contributed by atoms with Gasteiger partial charge in [0.05, 0.1) is 12.1 Å². The van der Waals surface area contributed by atoms with Crippen LogP contribution in [0.5, 0.6) is 0 Å².